The van der Waals surface area contributed by atoms with E-state index in [-0.39, 0.29) is 24.5 Å². The van der Waals surface area contributed by atoms with Crippen LogP contribution in [0.25, 0.3) is 22.0 Å². The standard InChI is InChI=1S/C22H19FN2O3S/c23-16-9-7-15(8-10-16)21-19-5-1-2-6-20(19)22(27)25(24-21)12-17(26)13-28-14-18-4-3-11-29-18/h1-11,17,26H,12-14H2/t17-/m0/s1. The van der Waals surface area contributed by atoms with Crippen LogP contribution in [0.15, 0.2) is 70.8 Å². The Bertz CT molecular complexity index is 1160. The highest BCUT2D eigenvalue weighted by atomic mass is 32.1. The van der Waals surface area contributed by atoms with Crippen LogP contribution in [-0.4, -0.2) is 27.6 Å². The monoisotopic (exact) mass is 410 g/mol. The third kappa shape index (κ3) is 4.42. The van der Waals surface area contributed by atoms with Gasteiger partial charge in [-0.25, -0.2) is 9.07 Å². The molecule has 4 rings (SSSR count). The lowest BCUT2D eigenvalue weighted by Crippen LogP contribution is -2.31. The van der Waals surface area contributed by atoms with Crippen molar-refractivity contribution in [2.24, 2.45) is 0 Å². The number of hydrogen-bond donors (Lipinski definition) is 1. The van der Waals surface area contributed by atoms with Crippen molar-refractivity contribution in [1.29, 1.82) is 0 Å². The number of halogens is 1. The van der Waals surface area contributed by atoms with Gasteiger partial charge in [-0.15, -0.1) is 11.3 Å². The molecule has 5 nitrogen and oxygen atoms in total. The zero-order valence-corrected chi connectivity index (χ0v) is 16.3. The zero-order valence-electron chi connectivity index (χ0n) is 15.5. The first kappa shape index (κ1) is 19.4. The maximum absolute atomic E-state index is 13.3. The summed E-state index contributed by atoms with van der Waals surface area (Å²) in [5.74, 6) is -0.343. The van der Waals surface area contributed by atoms with Crippen molar-refractivity contribution in [3.63, 3.8) is 0 Å². The summed E-state index contributed by atoms with van der Waals surface area (Å²) in [7, 11) is 0. The van der Waals surface area contributed by atoms with Gasteiger partial charge in [0.25, 0.3) is 5.56 Å². The minimum Gasteiger partial charge on any atom is -0.389 e. The third-order valence-electron chi connectivity index (χ3n) is 4.50. The number of nitrogens with zero attached hydrogens (tertiary/aromatic N) is 2. The van der Waals surface area contributed by atoms with Crippen LogP contribution >= 0.6 is 11.3 Å². The van der Waals surface area contributed by atoms with Crippen molar-refractivity contribution in [2.75, 3.05) is 6.61 Å². The molecule has 0 aliphatic rings. The highest BCUT2D eigenvalue weighted by Gasteiger charge is 2.15. The van der Waals surface area contributed by atoms with Gasteiger partial charge in [-0.1, -0.05) is 24.3 Å². The molecule has 2 aromatic carbocycles. The first-order valence-corrected chi connectivity index (χ1v) is 10.0. The van der Waals surface area contributed by atoms with E-state index in [1.54, 1.807) is 35.6 Å². The Morgan fingerprint density at radius 3 is 2.55 bits per heavy atom. The Morgan fingerprint density at radius 2 is 1.83 bits per heavy atom. The van der Waals surface area contributed by atoms with Crippen LogP contribution < -0.4 is 5.56 Å². The van der Waals surface area contributed by atoms with Crippen LogP contribution in [0.1, 0.15) is 4.88 Å². The lowest BCUT2D eigenvalue weighted by molar-refractivity contribution is 0.0190. The van der Waals surface area contributed by atoms with Crippen LogP contribution in [0.4, 0.5) is 4.39 Å². The second kappa shape index (κ2) is 8.65. The molecule has 1 N–H and O–H groups in total. The summed E-state index contributed by atoms with van der Waals surface area (Å²) in [5.41, 5.74) is 0.968. The van der Waals surface area contributed by atoms with Crippen molar-refractivity contribution in [3.8, 4) is 11.3 Å². The van der Waals surface area contributed by atoms with E-state index in [0.717, 1.165) is 4.88 Å². The molecule has 0 bridgehead atoms. The van der Waals surface area contributed by atoms with E-state index in [4.69, 9.17) is 4.74 Å². The number of fused-ring (bicyclic) bond motifs is 1. The first-order valence-electron chi connectivity index (χ1n) is 9.16. The van der Waals surface area contributed by atoms with E-state index in [1.165, 1.54) is 16.8 Å². The van der Waals surface area contributed by atoms with E-state index >= 15 is 0 Å². The smallest absolute Gasteiger partial charge is 0.274 e. The van der Waals surface area contributed by atoms with Crippen molar-refractivity contribution < 1.29 is 14.2 Å². The SMILES string of the molecule is O=c1c2ccccc2c(-c2ccc(F)cc2)nn1C[C@H](O)COCc1cccs1. The molecule has 0 amide bonds. The zero-order chi connectivity index (χ0) is 20.2. The maximum Gasteiger partial charge on any atom is 0.274 e. The Morgan fingerprint density at radius 1 is 1.07 bits per heavy atom. The molecule has 2 heterocycles. The minimum absolute atomic E-state index is 0.00228. The second-order valence-electron chi connectivity index (χ2n) is 6.64. The van der Waals surface area contributed by atoms with E-state index in [9.17, 15) is 14.3 Å². The maximum atomic E-state index is 13.3. The number of aromatic nitrogens is 2. The number of ether oxygens (including phenoxy) is 1. The van der Waals surface area contributed by atoms with Gasteiger partial charge in [-0.2, -0.15) is 5.10 Å². The molecule has 0 unspecified atom stereocenters. The molecule has 148 valence electrons. The predicted molar refractivity (Wildman–Crippen MR) is 111 cm³/mol. The average molecular weight is 410 g/mol. The number of benzene rings is 2. The summed E-state index contributed by atoms with van der Waals surface area (Å²) < 4.78 is 20.1. The first-order chi connectivity index (χ1) is 14.1. The summed E-state index contributed by atoms with van der Waals surface area (Å²) in [4.78, 5) is 13.9. The van der Waals surface area contributed by atoms with Crippen molar-refractivity contribution in [3.05, 3.63) is 87.1 Å². The van der Waals surface area contributed by atoms with Gasteiger partial charge in [0, 0.05) is 15.8 Å². The highest BCUT2D eigenvalue weighted by molar-refractivity contribution is 7.09. The Kier molecular flexibility index (Phi) is 5.80. The molecule has 0 aliphatic heterocycles. The highest BCUT2D eigenvalue weighted by Crippen LogP contribution is 2.24. The number of thiophene rings is 1. The van der Waals surface area contributed by atoms with Crippen molar-refractivity contribution in [1.82, 2.24) is 9.78 Å². The number of aliphatic hydroxyl groups excluding tert-OH is 1. The van der Waals surface area contributed by atoms with Gasteiger partial charge in [0.2, 0.25) is 0 Å². The molecule has 0 radical (unpaired) electrons. The lowest BCUT2D eigenvalue weighted by Gasteiger charge is -2.15. The lowest BCUT2D eigenvalue weighted by atomic mass is 10.1. The normalized spacial score (nSPS) is 12.3. The second-order valence-corrected chi connectivity index (χ2v) is 7.67. The molecule has 29 heavy (non-hydrogen) atoms. The van der Waals surface area contributed by atoms with Crippen LogP contribution in [-0.2, 0) is 17.9 Å². The Balaban J connectivity index is 1.61. The molecule has 4 aromatic rings. The van der Waals surface area contributed by atoms with Gasteiger partial charge in [-0.3, -0.25) is 4.79 Å². The summed E-state index contributed by atoms with van der Waals surface area (Å²) in [6.07, 6.45) is -0.887. The van der Waals surface area contributed by atoms with Crippen molar-refractivity contribution in [2.45, 2.75) is 19.3 Å². The molecule has 0 fully saturated rings. The summed E-state index contributed by atoms with van der Waals surface area (Å²) >= 11 is 1.58. The predicted octanol–water partition coefficient (Wildman–Crippen LogP) is 3.84. The molecule has 0 spiro atoms. The van der Waals surface area contributed by atoms with Crippen LogP contribution in [0.3, 0.4) is 0 Å². The van der Waals surface area contributed by atoms with Gasteiger partial charge in [-0.05, 0) is 41.8 Å². The molecule has 0 saturated carbocycles. The van der Waals surface area contributed by atoms with Gasteiger partial charge in [0.1, 0.15) is 5.82 Å². The fourth-order valence-electron chi connectivity index (χ4n) is 3.12. The fourth-order valence-corrected chi connectivity index (χ4v) is 3.76. The van der Waals surface area contributed by atoms with E-state index in [2.05, 4.69) is 5.10 Å². The van der Waals surface area contributed by atoms with Crippen LogP contribution in [0.5, 0.6) is 0 Å². The number of rotatable bonds is 7. The van der Waals surface area contributed by atoms with Gasteiger partial charge in [0.05, 0.1) is 36.9 Å². The summed E-state index contributed by atoms with van der Waals surface area (Å²) in [5, 5.41) is 18.0. The minimum atomic E-state index is -0.887. The molecule has 0 saturated heterocycles. The van der Waals surface area contributed by atoms with Gasteiger partial charge in [0.15, 0.2) is 0 Å². The van der Waals surface area contributed by atoms with Gasteiger partial charge >= 0.3 is 0 Å². The third-order valence-corrected chi connectivity index (χ3v) is 5.35. The summed E-state index contributed by atoms with van der Waals surface area (Å²) in [6.45, 7) is 0.503. The van der Waals surface area contributed by atoms with Crippen LogP contribution in [0.2, 0.25) is 0 Å². The van der Waals surface area contributed by atoms with E-state index < -0.39 is 6.10 Å². The Labute approximate surface area is 170 Å². The largest absolute Gasteiger partial charge is 0.389 e. The molecule has 0 aliphatic carbocycles. The molecular weight excluding hydrogens is 391 g/mol. The average Bonchev–Trinajstić information content (AvgIpc) is 3.24. The number of aliphatic hydroxyl groups is 1. The van der Waals surface area contributed by atoms with E-state index in [0.29, 0.717) is 28.6 Å². The molecule has 2 aromatic heterocycles. The molecule has 1 atom stereocenters. The Hall–Kier alpha value is -2.87. The molecular formula is C22H19FN2O3S. The fraction of sp³-hybridized carbons (Fsp3) is 0.182. The van der Waals surface area contributed by atoms with Gasteiger partial charge < -0.3 is 9.84 Å². The van der Waals surface area contributed by atoms with Crippen LogP contribution in [0, 0.1) is 5.82 Å². The number of hydrogen-bond acceptors (Lipinski definition) is 5. The van der Waals surface area contributed by atoms with E-state index in [1.807, 2.05) is 29.6 Å². The summed E-state index contributed by atoms with van der Waals surface area (Å²) in [6, 6.07) is 17.0. The molecule has 7 heteroatoms. The van der Waals surface area contributed by atoms with Crippen molar-refractivity contribution >= 4 is 22.1 Å². The quantitative estimate of drug-likeness (QED) is 0.503. The topological polar surface area (TPSA) is 64.4 Å².